The highest BCUT2D eigenvalue weighted by molar-refractivity contribution is 5.76. The van der Waals surface area contributed by atoms with Crippen LogP contribution < -0.4 is 17.2 Å². The van der Waals surface area contributed by atoms with Gasteiger partial charge in [0.2, 0.25) is 0 Å². The summed E-state index contributed by atoms with van der Waals surface area (Å²) in [4.78, 5) is 3.88. The Morgan fingerprint density at radius 1 is 1.58 bits per heavy atom. The molecule has 0 fully saturated rings. The first-order valence-corrected chi connectivity index (χ1v) is 3.52. The topological polar surface area (TPSA) is 90.4 Å². The minimum Gasteiger partial charge on any atom is -0.370 e. The van der Waals surface area contributed by atoms with Crippen molar-refractivity contribution in [1.29, 1.82) is 0 Å². The van der Waals surface area contributed by atoms with Crippen LogP contribution in [0.2, 0.25) is 0 Å². The summed E-state index contributed by atoms with van der Waals surface area (Å²) in [6.07, 6.45) is 5.19. The van der Waals surface area contributed by atoms with E-state index in [-0.39, 0.29) is 12.0 Å². The van der Waals surface area contributed by atoms with E-state index < -0.39 is 0 Å². The SMILES string of the molecule is C=C=CC(/C=C/CN)N=C(N)N. The lowest BCUT2D eigenvalue weighted by atomic mass is 10.2. The number of nitrogens with zero attached hydrogens (tertiary/aromatic N) is 1. The fourth-order valence-corrected chi connectivity index (χ4v) is 0.647. The monoisotopic (exact) mass is 166 g/mol. The van der Waals surface area contributed by atoms with Gasteiger partial charge in [-0.2, -0.15) is 0 Å². The van der Waals surface area contributed by atoms with E-state index in [1.54, 1.807) is 18.2 Å². The highest BCUT2D eigenvalue weighted by atomic mass is 15.0. The first kappa shape index (κ1) is 10.5. The highest BCUT2D eigenvalue weighted by Gasteiger charge is 1.94. The minimum absolute atomic E-state index is 0.0353. The van der Waals surface area contributed by atoms with Gasteiger partial charge in [-0.25, -0.2) is 4.99 Å². The Bertz CT molecular complexity index is 219. The predicted octanol–water partition coefficient (Wildman–Crippen LogP) is -0.516. The molecule has 1 atom stereocenters. The molecule has 0 aromatic carbocycles. The predicted molar refractivity (Wildman–Crippen MR) is 51.5 cm³/mol. The Hall–Kier alpha value is -1.51. The van der Waals surface area contributed by atoms with Crippen molar-refractivity contribution in [1.82, 2.24) is 0 Å². The molecule has 1 unspecified atom stereocenters. The quantitative estimate of drug-likeness (QED) is 0.227. The van der Waals surface area contributed by atoms with Crippen molar-refractivity contribution in [3.8, 4) is 0 Å². The van der Waals surface area contributed by atoms with Gasteiger partial charge in [-0.3, -0.25) is 0 Å². The Morgan fingerprint density at radius 3 is 2.67 bits per heavy atom. The zero-order valence-electron chi connectivity index (χ0n) is 6.90. The summed E-state index contributed by atoms with van der Waals surface area (Å²) in [6, 6.07) is -0.212. The number of rotatable bonds is 4. The second-order valence-corrected chi connectivity index (χ2v) is 2.08. The van der Waals surface area contributed by atoms with Crippen molar-refractivity contribution < 1.29 is 0 Å². The maximum absolute atomic E-state index is 5.26. The van der Waals surface area contributed by atoms with E-state index in [0.29, 0.717) is 6.54 Å². The highest BCUT2D eigenvalue weighted by Crippen LogP contribution is 1.93. The average Bonchev–Trinajstić information content (AvgIpc) is 2.00. The van der Waals surface area contributed by atoms with Gasteiger partial charge in [0, 0.05) is 6.54 Å². The van der Waals surface area contributed by atoms with E-state index in [0.717, 1.165) is 0 Å². The van der Waals surface area contributed by atoms with Crippen molar-refractivity contribution in [2.45, 2.75) is 6.04 Å². The minimum atomic E-state index is -0.212. The maximum Gasteiger partial charge on any atom is 0.186 e. The lowest BCUT2D eigenvalue weighted by Crippen LogP contribution is -2.24. The molecule has 0 aromatic heterocycles. The van der Waals surface area contributed by atoms with Gasteiger partial charge in [-0.05, 0) is 6.08 Å². The second-order valence-electron chi connectivity index (χ2n) is 2.08. The molecule has 0 aliphatic carbocycles. The number of aliphatic imine (C=N–C) groups is 1. The number of guanidine groups is 1. The third-order valence-electron chi connectivity index (χ3n) is 1.06. The Balaban J connectivity index is 4.33. The Labute approximate surface area is 72.1 Å². The lowest BCUT2D eigenvalue weighted by Gasteiger charge is -1.99. The summed E-state index contributed by atoms with van der Waals surface area (Å²) in [5.74, 6) is 0.0353. The molecule has 12 heavy (non-hydrogen) atoms. The molecule has 66 valence electrons. The van der Waals surface area contributed by atoms with Gasteiger partial charge >= 0.3 is 0 Å². The van der Waals surface area contributed by atoms with E-state index in [1.165, 1.54) is 0 Å². The summed E-state index contributed by atoms with van der Waals surface area (Å²) >= 11 is 0. The summed E-state index contributed by atoms with van der Waals surface area (Å²) in [5.41, 5.74) is 18.2. The van der Waals surface area contributed by atoms with Crippen LogP contribution in [0.1, 0.15) is 0 Å². The van der Waals surface area contributed by atoms with Gasteiger partial charge in [0.15, 0.2) is 5.96 Å². The van der Waals surface area contributed by atoms with Crippen molar-refractivity contribution in [3.05, 3.63) is 30.5 Å². The van der Waals surface area contributed by atoms with Crippen LogP contribution in [0.25, 0.3) is 0 Å². The van der Waals surface area contributed by atoms with Crippen LogP contribution in [-0.4, -0.2) is 18.5 Å². The molecule has 0 aliphatic heterocycles. The molecule has 0 spiro atoms. The third kappa shape index (κ3) is 5.29. The Morgan fingerprint density at radius 2 is 2.25 bits per heavy atom. The van der Waals surface area contributed by atoms with Crippen LogP contribution in [-0.2, 0) is 0 Å². The van der Waals surface area contributed by atoms with Crippen molar-refractivity contribution in [2.75, 3.05) is 6.54 Å². The van der Waals surface area contributed by atoms with Gasteiger partial charge < -0.3 is 17.2 Å². The number of hydrogen-bond acceptors (Lipinski definition) is 2. The zero-order valence-corrected chi connectivity index (χ0v) is 6.90. The first-order valence-electron chi connectivity index (χ1n) is 3.52. The molecule has 0 bridgehead atoms. The standard InChI is InChI=1S/C8H14N4/c1-2-4-7(5-3-6-9)12-8(10)11/h3-5,7H,1,6,9H2,(H4,10,11,12)/b5-3+. The molecule has 0 aromatic rings. The number of nitrogens with two attached hydrogens (primary N) is 3. The molecule has 0 rings (SSSR count). The van der Waals surface area contributed by atoms with E-state index in [1.807, 2.05) is 0 Å². The fourth-order valence-electron chi connectivity index (χ4n) is 0.647. The van der Waals surface area contributed by atoms with Crippen molar-refractivity contribution in [2.24, 2.45) is 22.2 Å². The Kier molecular flexibility index (Phi) is 5.43. The zero-order chi connectivity index (χ0) is 9.40. The van der Waals surface area contributed by atoms with Gasteiger partial charge in [0.05, 0.1) is 6.04 Å². The maximum atomic E-state index is 5.26. The van der Waals surface area contributed by atoms with E-state index in [4.69, 9.17) is 17.2 Å². The summed E-state index contributed by atoms with van der Waals surface area (Å²) in [6.45, 7) is 3.88. The number of hydrogen-bond donors (Lipinski definition) is 3. The molecule has 0 amide bonds. The van der Waals surface area contributed by atoms with E-state index >= 15 is 0 Å². The van der Waals surface area contributed by atoms with Crippen LogP contribution in [0, 0.1) is 0 Å². The van der Waals surface area contributed by atoms with Crippen LogP contribution in [0.3, 0.4) is 0 Å². The normalized spacial score (nSPS) is 12.1. The van der Waals surface area contributed by atoms with Crippen LogP contribution in [0.4, 0.5) is 0 Å². The van der Waals surface area contributed by atoms with Crippen LogP contribution >= 0.6 is 0 Å². The lowest BCUT2D eigenvalue weighted by molar-refractivity contribution is 1.01. The van der Waals surface area contributed by atoms with Gasteiger partial charge in [0.25, 0.3) is 0 Å². The fraction of sp³-hybridized carbons (Fsp3) is 0.250. The third-order valence-corrected chi connectivity index (χ3v) is 1.06. The largest absolute Gasteiger partial charge is 0.370 e. The van der Waals surface area contributed by atoms with E-state index in [9.17, 15) is 0 Å². The molecular formula is C8H14N4. The van der Waals surface area contributed by atoms with Crippen molar-refractivity contribution in [3.63, 3.8) is 0 Å². The summed E-state index contributed by atoms with van der Waals surface area (Å²) < 4.78 is 0. The van der Waals surface area contributed by atoms with E-state index in [2.05, 4.69) is 17.3 Å². The van der Waals surface area contributed by atoms with Crippen molar-refractivity contribution >= 4 is 5.96 Å². The average molecular weight is 166 g/mol. The van der Waals surface area contributed by atoms with Gasteiger partial charge in [-0.15, -0.1) is 5.73 Å². The molecular weight excluding hydrogens is 152 g/mol. The van der Waals surface area contributed by atoms with Gasteiger partial charge in [-0.1, -0.05) is 18.7 Å². The molecule has 0 saturated heterocycles. The van der Waals surface area contributed by atoms with Gasteiger partial charge in [0.1, 0.15) is 0 Å². The molecule has 0 saturated carbocycles. The smallest absolute Gasteiger partial charge is 0.186 e. The molecule has 0 aliphatic rings. The molecule has 0 heterocycles. The molecule has 4 nitrogen and oxygen atoms in total. The summed E-state index contributed by atoms with van der Waals surface area (Å²) in [5, 5.41) is 0. The second kappa shape index (κ2) is 6.22. The summed E-state index contributed by atoms with van der Waals surface area (Å²) in [7, 11) is 0. The first-order chi connectivity index (χ1) is 5.70. The molecule has 4 heteroatoms. The molecule has 6 N–H and O–H groups in total. The van der Waals surface area contributed by atoms with Crippen LogP contribution in [0.15, 0.2) is 35.5 Å². The molecule has 0 radical (unpaired) electrons. The van der Waals surface area contributed by atoms with Crippen LogP contribution in [0.5, 0.6) is 0 Å².